The SMILES string of the molecule is CC(C)C[C@H](NC(=O)C(F)(F)F)C(=O)N1[C@H]2CC[C@@H]([C@H]1C(=O)N[C@H](C#N)C[C@@H]1CCNC1=O)C(F)(F)C2. The van der Waals surface area contributed by atoms with Crippen LogP contribution < -0.4 is 16.0 Å². The van der Waals surface area contributed by atoms with E-state index in [0.29, 0.717) is 13.0 Å². The van der Waals surface area contributed by atoms with Gasteiger partial charge in [0.15, 0.2) is 0 Å². The number of rotatable bonds is 8. The van der Waals surface area contributed by atoms with Gasteiger partial charge in [-0.3, -0.25) is 19.2 Å². The van der Waals surface area contributed by atoms with Gasteiger partial charge < -0.3 is 20.9 Å². The van der Waals surface area contributed by atoms with Gasteiger partial charge in [-0.05, 0) is 38.0 Å². The molecule has 0 aromatic rings. The predicted molar refractivity (Wildman–Crippen MR) is 117 cm³/mol. The molecule has 4 rings (SSSR count). The first-order valence-electron chi connectivity index (χ1n) is 12.2. The number of hydrogen-bond acceptors (Lipinski definition) is 5. The van der Waals surface area contributed by atoms with Crippen LogP contribution in [0.1, 0.15) is 52.4 Å². The summed E-state index contributed by atoms with van der Waals surface area (Å²) in [6.07, 6.45) is -5.87. The molecule has 6 atom stereocenters. The first kappa shape index (κ1) is 28.6. The molecule has 0 aromatic heterocycles. The number of hydrogen-bond donors (Lipinski definition) is 3. The second-order valence-corrected chi connectivity index (χ2v) is 10.3. The van der Waals surface area contributed by atoms with Crippen LogP contribution >= 0.6 is 0 Å². The van der Waals surface area contributed by atoms with Crippen LogP contribution in [0.4, 0.5) is 22.0 Å². The first-order valence-corrected chi connectivity index (χ1v) is 12.2. The molecule has 4 aliphatic rings. The molecule has 206 valence electrons. The minimum absolute atomic E-state index is 0.0587. The zero-order valence-corrected chi connectivity index (χ0v) is 20.4. The summed E-state index contributed by atoms with van der Waals surface area (Å²) in [6, 6.07) is -3.94. The number of halogens is 5. The normalized spacial score (nSPS) is 28.3. The molecular weight excluding hydrogens is 505 g/mol. The molecule has 0 unspecified atom stereocenters. The van der Waals surface area contributed by atoms with E-state index in [-0.39, 0.29) is 37.5 Å². The van der Waals surface area contributed by atoms with E-state index in [1.54, 1.807) is 19.2 Å². The van der Waals surface area contributed by atoms with Crippen molar-refractivity contribution in [3.63, 3.8) is 0 Å². The summed E-state index contributed by atoms with van der Waals surface area (Å²) >= 11 is 0. The lowest BCUT2D eigenvalue weighted by Gasteiger charge is -2.54. The number of nitrogens with zero attached hydrogens (tertiary/aromatic N) is 2. The van der Waals surface area contributed by atoms with Crippen LogP contribution in [0.25, 0.3) is 0 Å². The van der Waals surface area contributed by atoms with Gasteiger partial charge in [0.1, 0.15) is 18.1 Å². The molecule has 3 saturated heterocycles. The Morgan fingerprint density at radius 2 is 1.86 bits per heavy atom. The third kappa shape index (κ3) is 6.30. The average Bonchev–Trinajstić information content (AvgIpc) is 3.19. The number of alkyl halides is 5. The Bertz CT molecular complexity index is 966. The number of carbonyl (C=O) groups excluding carboxylic acids is 4. The van der Waals surface area contributed by atoms with E-state index < -0.39 is 72.2 Å². The molecule has 3 N–H and O–H groups in total. The summed E-state index contributed by atoms with van der Waals surface area (Å²) in [6.45, 7) is 3.62. The number of fused-ring (bicyclic) bond motifs is 3. The van der Waals surface area contributed by atoms with Gasteiger partial charge in [-0.25, -0.2) is 8.78 Å². The van der Waals surface area contributed by atoms with Crippen molar-refractivity contribution < 1.29 is 41.1 Å². The van der Waals surface area contributed by atoms with Gasteiger partial charge in [0.05, 0.1) is 12.0 Å². The molecule has 37 heavy (non-hydrogen) atoms. The molecule has 0 aromatic carbocycles. The van der Waals surface area contributed by atoms with Crippen molar-refractivity contribution in [1.29, 1.82) is 5.26 Å². The van der Waals surface area contributed by atoms with E-state index in [9.17, 15) is 46.4 Å². The third-order valence-electron chi connectivity index (χ3n) is 7.18. The zero-order valence-electron chi connectivity index (χ0n) is 20.4. The zero-order chi connectivity index (χ0) is 27.7. The van der Waals surface area contributed by atoms with Crippen LogP contribution in [0.2, 0.25) is 0 Å². The number of nitrogens with one attached hydrogen (secondary N) is 3. The lowest BCUT2D eigenvalue weighted by Crippen LogP contribution is -2.71. The van der Waals surface area contributed by atoms with Crippen molar-refractivity contribution >= 4 is 23.6 Å². The Morgan fingerprint density at radius 3 is 2.38 bits per heavy atom. The standard InChI is InChI=1S/C23H30F5N5O4/c1-11(2)7-16(32-21(37)23(26,27)28)20(36)33-14-3-4-15(22(24,25)9-14)17(33)19(35)31-13(10-29)8-12-5-6-30-18(12)34/h11-17H,3-9H2,1-2H3,(H,30,34)(H,31,35)(H,32,37)/t12-,13-,14-,15-,16-,17-/m0/s1. The minimum Gasteiger partial charge on any atom is -0.356 e. The summed E-state index contributed by atoms with van der Waals surface area (Å²) < 4.78 is 68.5. The maximum Gasteiger partial charge on any atom is 0.471 e. The van der Waals surface area contributed by atoms with Gasteiger partial charge in [0.25, 0.3) is 5.92 Å². The summed E-state index contributed by atoms with van der Waals surface area (Å²) in [5.74, 6) is -10.6. The Balaban J connectivity index is 1.87. The average molecular weight is 536 g/mol. The van der Waals surface area contributed by atoms with Crippen molar-refractivity contribution in [2.75, 3.05) is 6.54 Å². The monoisotopic (exact) mass is 535 g/mol. The van der Waals surface area contributed by atoms with E-state index in [0.717, 1.165) is 4.90 Å². The molecule has 9 nitrogen and oxygen atoms in total. The van der Waals surface area contributed by atoms with E-state index in [4.69, 9.17) is 0 Å². The number of carbonyl (C=O) groups is 4. The molecule has 4 amide bonds. The fourth-order valence-electron chi connectivity index (χ4n) is 5.49. The molecule has 0 radical (unpaired) electrons. The summed E-state index contributed by atoms with van der Waals surface area (Å²) in [5, 5.41) is 16.1. The van der Waals surface area contributed by atoms with Crippen LogP contribution in [-0.2, 0) is 19.2 Å². The predicted octanol–water partition coefficient (Wildman–Crippen LogP) is 1.63. The van der Waals surface area contributed by atoms with Gasteiger partial charge in [-0.15, -0.1) is 0 Å². The van der Waals surface area contributed by atoms with Crippen molar-refractivity contribution in [2.45, 2.75) is 88.6 Å². The molecule has 4 fully saturated rings. The smallest absolute Gasteiger partial charge is 0.356 e. The van der Waals surface area contributed by atoms with Crippen molar-refractivity contribution in [2.24, 2.45) is 17.8 Å². The van der Waals surface area contributed by atoms with Crippen LogP contribution in [0.15, 0.2) is 0 Å². The maximum absolute atomic E-state index is 14.9. The van der Waals surface area contributed by atoms with Gasteiger partial charge >= 0.3 is 12.1 Å². The molecule has 1 aliphatic carbocycles. The topological polar surface area (TPSA) is 131 Å². The molecule has 3 aliphatic heterocycles. The van der Waals surface area contributed by atoms with Crippen LogP contribution in [0.5, 0.6) is 0 Å². The number of piperidine rings is 2. The van der Waals surface area contributed by atoms with Crippen molar-refractivity contribution in [3.8, 4) is 6.07 Å². The molecular formula is C23H30F5N5O4. The highest BCUT2D eigenvalue weighted by Crippen LogP contribution is 2.49. The van der Waals surface area contributed by atoms with Gasteiger partial charge in [-0.2, -0.15) is 18.4 Å². The van der Waals surface area contributed by atoms with Crippen LogP contribution in [0.3, 0.4) is 0 Å². The van der Waals surface area contributed by atoms with Gasteiger partial charge in [0.2, 0.25) is 17.7 Å². The molecule has 1 saturated carbocycles. The molecule has 2 bridgehead atoms. The van der Waals surface area contributed by atoms with Gasteiger partial charge in [0, 0.05) is 24.9 Å². The van der Waals surface area contributed by atoms with E-state index in [2.05, 4.69) is 10.6 Å². The fourth-order valence-corrected chi connectivity index (χ4v) is 5.49. The van der Waals surface area contributed by atoms with Crippen molar-refractivity contribution in [3.05, 3.63) is 0 Å². The highest BCUT2D eigenvalue weighted by atomic mass is 19.4. The third-order valence-corrected chi connectivity index (χ3v) is 7.18. The van der Waals surface area contributed by atoms with Gasteiger partial charge in [-0.1, -0.05) is 13.8 Å². The quantitative estimate of drug-likeness (QED) is 0.407. The van der Waals surface area contributed by atoms with E-state index in [1.165, 1.54) is 0 Å². The Labute approximate surface area is 210 Å². The fraction of sp³-hybridized carbons (Fsp3) is 0.783. The molecule has 0 spiro atoms. The highest BCUT2D eigenvalue weighted by molar-refractivity contribution is 5.94. The van der Waals surface area contributed by atoms with Crippen molar-refractivity contribution in [1.82, 2.24) is 20.9 Å². The Kier molecular flexibility index (Phi) is 8.34. The van der Waals surface area contributed by atoms with E-state index >= 15 is 0 Å². The lowest BCUT2D eigenvalue weighted by atomic mass is 9.71. The maximum atomic E-state index is 14.9. The summed E-state index contributed by atoms with van der Waals surface area (Å²) in [5.41, 5.74) is 0. The van der Waals surface area contributed by atoms with Crippen LogP contribution in [0, 0.1) is 29.1 Å². The largest absolute Gasteiger partial charge is 0.471 e. The van der Waals surface area contributed by atoms with Crippen LogP contribution in [-0.4, -0.2) is 71.3 Å². The van der Waals surface area contributed by atoms with E-state index in [1.807, 2.05) is 6.07 Å². The Morgan fingerprint density at radius 1 is 1.19 bits per heavy atom. The second kappa shape index (κ2) is 10.8. The first-order chi connectivity index (χ1) is 17.2. The number of amides is 4. The second-order valence-electron chi connectivity index (χ2n) is 10.3. The summed E-state index contributed by atoms with van der Waals surface area (Å²) in [4.78, 5) is 51.1. The highest BCUT2D eigenvalue weighted by Gasteiger charge is 2.61. The Hall–Kier alpha value is -2.98. The molecule has 3 heterocycles. The number of nitriles is 1. The molecule has 14 heteroatoms. The lowest BCUT2D eigenvalue weighted by molar-refractivity contribution is -0.196. The minimum atomic E-state index is -5.27. The summed E-state index contributed by atoms with van der Waals surface area (Å²) in [7, 11) is 0.